The van der Waals surface area contributed by atoms with Crippen LogP contribution in [0.3, 0.4) is 0 Å². The van der Waals surface area contributed by atoms with Crippen LogP contribution in [0.2, 0.25) is 5.02 Å². The van der Waals surface area contributed by atoms with Crippen LogP contribution in [0.1, 0.15) is 12.1 Å². The highest BCUT2D eigenvalue weighted by Gasteiger charge is 2.20. The van der Waals surface area contributed by atoms with Gasteiger partial charge in [0.1, 0.15) is 22.7 Å². The first kappa shape index (κ1) is 14.5. The summed E-state index contributed by atoms with van der Waals surface area (Å²) in [5.41, 5.74) is 2.31. The zero-order valence-electron chi connectivity index (χ0n) is 10.7. The van der Waals surface area contributed by atoms with Gasteiger partial charge in [-0.2, -0.15) is 0 Å². The average Bonchev–Trinajstić information content (AvgIpc) is 2.46. The highest BCUT2D eigenvalue weighted by Crippen LogP contribution is 2.42. The Kier molecular flexibility index (Phi) is 4.10. The Labute approximate surface area is 118 Å². The maximum Gasteiger partial charge on any atom is 0.280 e. The van der Waals surface area contributed by atoms with Crippen molar-refractivity contribution < 1.29 is 18.3 Å². The summed E-state index contributed by atoms with van der Waals surface area (Å²) in [5.74, 6) is 5.97. The minimum Gasteiger partial charge on any atom is -0.495 e. The van der Waals surface area contributed by atoms with Crippen LogP contribution in [0, 0.1) is 0 Å². The van der Waals surface area contributed by atoms with Crippen LogP contribution in [0.25, 0.3) is 10.9 Å². The summed E-state index contributed by atoms with van der Waals surface area (Å²) in [7, 11) is 2.83. The third-order valence-electron chi connectivity index (χ3n) is 2.79. The van der Waals surface area contributed by atoms with E-state index < -0.39 is 12.1 Å². The van der Waals surface area contributed by atoms with Gasteiger partial charge in [0, 0.05) is 6.07 Å². The Morgan fingerprint density at radius 3 is 2.40 bits per heavy atom. The fourth-order valence-electron chi connectivity index (χ4n) is 1.87. The van der Waals surface area contributed by atoms with Crippen molar-refractivity contribution in [2.24, 2.45) is 5.84 Å². The smallest absolute Gasteiger partial charge is 0.280 e. The minimum atomic E-state index is -2.74. The van der Waals surface area contributed by atoms with Crippen molar-refractivity contribution in [2.75, 3.05) is 19.6 Å². The number of nitrogens with two attached hydrogens (primary N) is 1. The molecule has 2 aromatic rings. The van der Waals surface area contributed by atoms with Crippen LogP contribution in [-0.2, 0) is 0 Å². The number of anilines is 1. The summed E-state index contributed by atoms with van der Waals surface area (Å²) in [4.78, 5) is 3.88. The van der Waals surface area contributed by atoms with Gasteiger partial charge in [-0.1, -0.05) is 11.6 Å². The number of rotatable bonds is 4. The Balaban J connectivity index is 2.91. The third kappa shape index (κ3) is 2.30. The molecule has 2 rings (SSSR count). The largest absolute Gasteiger partial charge is 0.495 e. The topological polar surface area (TPSA) is 69.4 Å². The Morgan fingerprint density at radius 1 is 1.25 bits per heavy atom. The number of hydrogen-bond acceptors (Lipinski definition) is 5. The molecule has 0 amide bonds. The van der Waals surface area contributed by atoms with Crippen LogP contribution < -0.4 is 20.7 Å². The van der Waals surface area contributed by atoms with Crippen LogP contribution in [0.4, 0.5) is 14.5 Å². The van der Waals surface area contributed by atoms with Gasteiger partial charge in [0.2, 0.25) is 0 Å². The molecule has 1 aromatic heterocycles. The Morgan fingerprint density at radius 2 is 1.90 bits per heavy atom. The number of benzene rings is 1. The maximum absolute atomic E-state index is 12.9. The highest BCUT2D eigenvalue weighted by atomic mass is 35.5. The van der Waals surface area contributed by atoms with Gasteiger partial charge in [-0.15, -0.1) is 0 Å². The summed E-state index contributed by atoms with van der Waals surface area (Å²) >= 11 is 6.18. The van der Waals surface area contributed by atoms with Crippen LogP contribution in [0.5, 0.6) is 11.5 Å². The van der Waals surface area contributed by atoms with Crippen LogP contribution in [0.15, 0.2) is 12.1 Å². The quantitative estimate of drug-likeness (QED) is 0.671. The number of alkyl halides is 2. The van der Waals surface area contributed by atoms with Gasteiger partial charge in [-0.25, -0.2) is 13.8 Å². The molecule has 1 heterocycles. The monoisotopic (exact) mass is 303 g/mol. The lowest BCUT2D eigenvalue weighted by Crippen LogP contribution is -2.09. The van der Waals surface area contributed by atoms with E-state index in [0.717, 1.165) is 6.07 Å². The van der Waals surface area contributed by atoms with Gasteiger partial charge in [-0.05, 0) is 6.07 Å². The average molecular weight is 304 g/mol. The normalized spacial score (nSPS) is 10.9. The van der Waals surface area contributed by atoms with Gasteiger partial charge < -0.3 is 14.9 Å². The summed E-state index contributed by atoms with van der Waals surface area (Å²) in [6, 6.07) is 2.62. The number of methoxy groups -OCH3 is 2. The number of nitrogens with zero attached hydrogens (tertiary/aromatic N) is 1. The number of ether oxygens (including phenoxy) is 2. The first-order chi connectivity index (χ1) is 9.53. The van der Waals surface area contributed by atoms with E-state index in [9.17, 15) is 8.78 Å². The van der Waals surface area contributed by atoms with E-state index in [4.69, 9.17) is 26.9 Å². The number of aromatic nitrogens is 1. The molecule has 3 N–H and O–H groups in total. The second kappa shape index (κ2) is 5.64. The van der Waals surface area contributed by atoms with Gasteiger partial charge in [-0.3, -0.25) is 5.84 Å². The molecule has 8 heteroatoms. The second-order valence-electron chi connectivity index (χ2n) is 3.86. The molecular formula is C12H12ClF2N3O2. The molecule has 0 aliphatic carbocycles. The van der Waals surface area contributed by atoms with Crippen LogP contribution >= 0.6 is 11.6 Å². The first-order valence-electron chi connectivity index (χ1n) is 5.53. The Hall–Kier alpha value is -1.86. The number of hydrazine groups is 1. The Bertz CT molecular complexity index is 652. The zero-order chi connectivity index (χ0) is 14.9. The highest BCUT2D eigenvalue weighted by molar-refractivity contribution is 6.38. The number of nitrogen functional groups attached to an aromatic ring is 1. The summed E-state index contributed by atoms with van der Waals surface area (Å²) in [5, 5.41) is 0.569. The predicted octanol–water partition coefficient (Wildman–Crippen LogP) is 3.13. The van der Waals surface area contributed by atoms with Gasteiger partial charge >= 0.3 is 0 Å². The first-order valence-corrected chi connectivity index (χ1v) is 5.91. The van der Waals surface area contributed by atoms with Crippen molar-refractivity contribution in [1.82, 2.24) is 4.98 Å². The van der Waals surface area contributed by atoms with Crippen LogP contribution in [-0.4, -0.2) is 19.2 Å². The molecule has 0 saturated carbocycles. The molecule has 0 aliphatic rings. The van der Waals surface area contributed by atoms with E-state index in [-0.39, 0.29) is 22.0 Å². The maximum atomic E-state index is 12.9. The summed E-state index contributed by atoms with van der Waals surface area (Å²) < 4.78 is 36.0. The lowest BCUT2D eigenvalue weighted by molar-refractivity contribution is 0.146. The minimum absolute atomic E-state index is 0.184. The standard InChI is InChI=1S/C12H12ClF2N3O2/c1-19-7-4-8(20-2)11-9(10(7)13)5(18-16)3-6(17-11)12(14)15/h3-4,12H,16H2,1-2H3,(H,17,18). The van der Waals surface area contributed by atoms with Gasteiger partial charge in [0.25, 0.3) is 6.43 Å². The van der Waals surface area contributed by atoms with E-state index >= 15 is 0 Å². The molecule has 108 valence electrons. The SMILES string of the molecule is COc1cc(OC)c2nc(C(F)F)cc(NN)c2c1Cl. The summed E-state index contributed by atoms with van der Waals surface area (Å²) in [6.45, 7) is 0. The van der Waals surface area contributed by atoms with Gasteiger partial charge in [0.05, 0.1) is 30.3 Å². The number of halogens is 3. The van der Waals surface area contributed by atoms with E-state index in [2.05, 4.69) is 10.4 Å². The molecule has 0 radical (unpaired) electrons. The predicted molar refractivity (Wildman–Crippen MR) is 72.6 cm³/mol. The van der Waals surface area contributed by atoms with E-state index in [1.165, 1.54) is 20.3 Å². The lowest BCUT2D eigenvalue weighted by Gasteiger charge is -2.15. The van der Waals surface area contributed by atoms with Crippen molar-refractivity contribution in [2.45, 2.75) is 6.43 Å². The molecule has 0 saturated heterocycles. The van der Waals surface area contributed by atoms with Crippen molar-refractivity contribution >= 4 is 28.2 Å². The molecule has 0 spiro atoms. The number of pyridine rings is 1. The fraction of sp³-hybridized carbons (Fsp3) is 0.250. The molecule has 1 aromatic carbocycles. The van der Waals surface area contributed by atoms with E-state index in [1.807, 2.05) is 0 Å². The van der Waals surface area contributed by atoms with Gasteiger partial charge in [0.15, 0.2) is 0 Å². The molecule has 0 unspecified atom stereocenters. The second-order valence-corrected chi connectivity index (χ2v) is 4.24. The molecular weight excluding hydrogens is 292 g/mol. The number of hydrogen-bond donors (Lipinski definition) is 2. The van der Waals surface area contributed by atoms with E-state index in [1.54, 1.807) is 0 Å². The van der Waals surface area contributed by atoms with Crippen molar-refractivity contribution in [3.63, 3.8) is 0 Å². The third-order valence-corrected chi connectivity index (χ3v) is 3.16. The number of fused-ring (bicyclic) bond motifs is 1. The summed E-state index contributed by atoms with van der Waals surface area (Å²) in [6.07, 6.45) is -2.74. The molecule has 0 fully saturated rings. The van der Waals surface area contributed by atoms with Crippen molar-refractivity contribution in [3.8, 4) is 11.5 Å². The lowest BCUT2D eigenvalue weighted by atomic mass is 10.1. The van der Waals surface area contributed by atoms with Crippen molar-refractivity contribution in [3.05, 3.63) is 22.8 Å². The van der Waals surface area contributed by atoms with E-state index in [0.29, 0.717) is 11.1 Å². The molecule has 0 aliphatic heterocycles. The zero-order valence-corrected chi connectivity index (χ0v) is 11.5. The molecule has 5 nitrogen and oxygen atoms in total. The molecule has 20 heavy (non-hydrogen) atoms. The molecule has 0 bridgehead atoms. The number of nitrogens with one attached hydrogen (secondary N) is 1. The fourth-order valence-corrected chi connectivity index (χ4v) is 2.19. The van der Waals surface area contributed by atoms with Crippen molar-refractivity contribution in [1.29, 1.82) is 0 Å². The molecule has 0 atom stereocenters.